The van der Waals surface area contributed by atoms with Gasteiger partial charge in [0.25, 0.3) is 5.91 Å². The third-order valence-corrected chi connectivity index (χ3v) is 2.88. The van der Waals surface area contributed by atoms with Crippen LogP contribution in [0.1, 0.15) is 10.4 Å². The van der Waals surface area contributed by atoms with Crippen molar-refractivity contribution in [2.75, 3.05) is 25.3 Å². The summed E-state index contributed by atoms with van der Waals surface area (Å²) in [5.74, 6) is -0.465. The van der Waals surface area contributed by atoms with Crippen molar-refractivity contribution in [3.8, 4) is 11.5 Å². The lowest BCUT2D eigenvalue weighted by Crippen LogP contribution is -2.13. The molecule has 1 amide bonds. The van der Waals surface area contributed by atoms with Crippen LogP contribution >= 0.6 is 0 Å². The summed E-state index contributed by atoms with van der Waals surface area (Å²) < 4.78 is 23.3. The van der Waals surface area contributed by atoms with Gasteiger partial charge < -0.3 is 20.5 Å². The zero-order valence-electron chi connectivity index (χ0n) is 11.6. The number of nitrogens with one attached hydrogen (secondary N) is 1. The Morgan fingerprint density at radius 3 is 2.48 bits per heavy atom. The molecule has 0 aliphatic carbocycles. The lowest BCUT2D eigenvalue weighted by molar-refractivity contribution is 0.102. The molecule has 2 rings (SSSR count). The van der Waals surface area contributed by atoms with Crippen molar-refractivity contribution in [1.82, 2.24) is 0 Å². The van der Waals surface area contributed by atoms with Crippen molar-refractivity contribution in [2.45, 2.75) is 0 Å². The molecule has 0 aliphatic heterocycles. The van der Waals surface area contributed by atoms with E-state index in [1.807, 2.05) is 0 Å². The van der Waals surface area contributed by atoms with Crippen molar-refractivity contribution in [1.29, 1.82) is 0 Å². The third kappa shape index (κ3) is 3.22. The molecule has 0 atom stereocenters. The second-order valence-corrected chi connectivity index (χ2v) is 4.26. The van der Waals surface area contributed by atoms with E-state index in [0.29, 0.717) is 22.7 Å². The number of benzene rings is 2. The minimum absolute atomic E-state index is 0.0485. The van der Waals surface area contributed by atoms with Crippen molar-refractivity contribution in [3.63, 3.8) is 0 Å². The third-order valence-electron chi connectivity index (χ3n) is 2.88. The van der Waals surface area contributed by atoms with Gasteiger partial charge in [-0.3, -0.25) is 4.79 Å². The van der Waals surface area contributed by atoms with Gasteiger partial charge in [-0.1, -0.05) is 0 Å². The maximum absolute atomic E-state index is 13.3. The SMILES string of the molecule is COc1cc(NC(=O)c2cc(N)ccc2OC)ccc1F. The van der Waals surface area contributed by atoms with Crippen molar-refractivity contribution < 1.29 is 18.7 Å². The minimum atomic E-state index is -0.503. The van der Waals surface area contributed by atoms with E-state index in [0.717, 1.165) is 0 Å². The van der Waals surface area contributed by atoms with Gasteiger partial charge in [0.05, 0.1) is 19.8 Å². The van der Waals surface area contributed by atoms with Crippen LogP contribution in [-0.4, -0.2) is 20.1 Å². The summed E-state index contributed by atoms with van der Waals surface area (Å²) in [5, 5.41) is 2.64. The number of anilines is 2. The van der Waals surface area contributed by atoms with Crippen molar-refractivity contribution >= 4 is 17.3 Å². The predicted molar refractivity (Wildman–Crippen MR) is 78.3 cm³/mol. The molecule has 0 spiro atoms. The van der Waals surface area contributed by atoms with Crippen LogP contribution < -0.4 is 20.5 Å². The molecule has 6 heteroatoms. The molecule has 2 aromatic carbocycles. The summed E-state index contributed by atoms with van der Waals surface area (Å²) >= 11 is 0. The van der Waals surface area contributed by atoms with Crippen LogP contribution in [0, 0.1) is 5.82 Å². The topological polar surface area (TPSA) is 73.6 Å². The normalized spacial score (nSPS) is 10.0. The van der Waals surface area contributed by atoms with Crippen LogP contribution in [0.2, 0.25) is 0 Å². The Hall–Kier alpha value is -2.76. The molecule has 0 fully saturated rings. The number of methoxy groups -OCH3 is 2. The van der Waals surface area contributed by atoms with E-state index in [1.54, 1.807) is 12.1 Å². The van der Waals surface area contributed by atoms with Gasteiger partial charge in [0.15, 0.2) is 11.6 Å². The minimum Gasteiger partial charge on any atom is -0.496 e. The van der Waals surface area contributed by atoms with E-state index in [4.69, 9.17) is 15.2 Å². The van der Waals surface area contributed by atoms with Gasteiger partial charge in [-0.15, -0.1) is 0 Å². The molecular formula is C15H15FN2O3. The lowest BCUT2D eigenvalue weighted by atomic mass is 10.1. The molecule has 0 saturated carbocycles. The molecule has 110 valence electrons. The molecule has 0 unspecified atom stereocenters. The first-order valence-corrected chi connectivity index (χ1v) is 6.13. The van der Waals surface area contributed by atoms with Crippen molar-refractivity contribution in [2.24, 2.45) is 0 Å². The number of halogens is 1. The number of rotatable bonds is 4. The Kier molecular flexibility index (Phi) is 4.27. The number of nitrogens with two attached hydrogens (primary N) is 1. The predicted octanol–water partition coefficient (Wildman–Crippen LogP) is 2.68. The zero-order chi connectivity index (χ0) is 15.4. The molecule has 0 aromatic heterocycles. The van der Waals surface area contributed by atoms with Crippen LogP contribution in [0.15, 0.2) is 36.4 Å². The van der Waals surface area contributed by atoms with Crippen LogP contribution in [0.4, 0.5) is 15.8 Å². The number of hydrogen-bond donors (Lipinski definition) is 2. The molecule has 0 saturated heterocycles. The molecular weight excluding hydrogens is 275 g/mol. The first-order chi connectivity index (χ1) is 10.0. The summed E-state index contributed by atoms with van der Waals surface area (Å²) in [6.45, 7) is 0. The molecule has 0 bridgehead atoms. The van der Waals surface area contributed by atoms with E-state index >= 15 is 0 Å². The van der Waals surface area contributed by atoms with Gasteiger partial charge in [-0.05, 0) is 30.3 Å². The van der Waals surface area contributed by atoms with Crippen LogP contribution in [-0.2, 0) is 0 Å². The number of carbonyl (C=O) groups excluding carboxylic acids is 1. The van der Waals surface area contributed by atoms with E-state index in [1.165, 1.54) is 38.5 Å². The number of ether oxygens (including phenoxy) is 2. The van der Waals surface area contributed by atoms with Gasteiger partial charge in [-0.25, -0.2) is 4.39 Å². The monoisotopic (exact) mass is 290 g/mol. The quantitative estimate of drug-likeness (QED) is 0.849. The lowest BCUT2D eigenvalue weighted by Gasteiger charge is -2.11. The van der Waals surface area contributed by atoms with Gasteiger partial charge in [0, 0.05) is 17.4 Å². The average molecular weight is 290 g/mol. The van der Waals surface area contributed by atoms with Crippen LogP contribution in [0.25, 0.3) is 0 Å². The number of amides is 1. The largest absolute Gasteiger partial charge is 0.496 e. The number of hydrogen-bond acceptors (Lipinski definition) is 4. The number of carbonyl (C=O) groups is 1. The van der Waals surface area contributed by atoms with Crippen molar-refractivity contribution in [3.05, 3.63) is 47.8 Å². The molecule has 3 N–H and O–H groups in total. The maximum atomic E-state index is 13.3. The van der Waals surface area contributed by atoms with E-state index in [-0.39, 0.29) is 5.75 Å². The Morgan fingerprint density at radius 2 is 1.81 bits per heavy atom. The fraction of sp³-hybridized carbons (Fsp3) is 0.133. The molecule has 0 heterocycles. The zero-order valence-corrected chi connectivity index (χ0v) is 11.6. The Bertz CT molecular complexity index is 674. The van der Waals surface area contributed by atoms with E-state index in [2.05, 4.69) is 5.32 Å². The second-order valence-electron chi connectivity index (χ2n) is 4.26. The standard InChI is InChI=1S/C15H15FN2O3/c1-20-13-6-3-9(17)7-11(13)15(19)18-10-4-5-12(16)14(8-10)21-2/h3-8H,17H2,1-2H3,(H,18,19). The fourth-order valence-corrected chi connectivity index (χ4v) is 1.84. The highest BCUT2D eigenvalue weighted by Crippen LogP contribution is 2.25. The number of nitrogen functional groups attached to an aromatic ring is 1. The Labute approximate surface area is 121 Å². The van der Waals surface area contributed by atoms with E-state index < -0.39 is 11.7 Å². The Balaban J connectivity index is 2.28. The second kappa shape index (κ2) is 6.13. The molecule has 5 nitrogen and oxygen atoms in total. The summed E-state index contributed by atoms with van der Waals surface area (Å²) in [5.41, 5.74) is 6.81. The first kappa shape index (κ1) is 14.6. The van der Waals surface area contributed by atoms with Gasteiger partial charge >= 0.3 is 0 Å². The van der Waals surface area contributed by atoms with Gasteiger partial charge in [0.2, 0.25) is 0 Å². The first-order valence-electron chi connectivity index (χ1n) is 6.13. The highest BCUT2D eigenvalue weighted by Gasteiger charge is 2.14. The van der Waals surface area contributed by atoms with Gasteiger partial charge in [-0.2, -0.15) is 0 Å². The molecule has 21 heavy (non-hydrogen) atoms. The highest BCUT2D eigenvalue weighted by molar-refractivity contribution is 6.06. The fourth-order valence-electron chi connectivity index (χ4n) is 1.84. The average Bonchev–Trinajstić information content (AvgIpc) is 2.49. The van der Waals surface area contributed by atoms with Crippen LogP contribution in [0.5, 0.6) is 11.5 Å². The maximum Gasteiger partial charge on any atom is 0.259 e. The summed E-state index contributed by atoms with van der Waals surface area (Å²) in [6.07, 6.45) is 0. The molecule has 2 aromatic rings. The van der Waals surface area contributed by atoms with E-state index in [9.17, 15) is 9.18 Å². The molecule has 0 aliphatic rings. The van der Waals surface area contributed by atoms with Gasteiger partial charge in [0.1, 0.15) is 5.75 Å². The highest BCUT2D eigenvalue weighted by atomic mass is 19.1. The summed E-state index contributed by atoms with van der Waals surface area (Å²) in [6, 6.07) is 8.80. The van der Waals surface area contributed by atoms with Crippen LogP contribution in [0.3, 0.4) is 0 Å². The summed E-state index contributed by atoms with van der Waals surface area (Å²) in [7, 11) is 2.81. The smallest absolute Gasteiger partial charge is 0.259 e. The Morgan fingerprint density at radius 1 is 1.10 bits per heavy atom. The summed E-state index contributed by atoms with van der Waals surface area (Å²) in [4.78, 5) is 12.2. The molecule has 0 radical (unpaired) electrons.